The summed E-state index contributed by atoms with van der Waals surface area (Å²) in [4.78, 5) is 32.1. The predicted molar refractivity (Wildman–Crippen MR) is 119 cm³/mol. The lowest BCUT2D eigenvalue weighted by Crippen LogP contribution is -2.36. The maximum absolute atomic E-state index is 13.2. The molecule has 6 nitrogen and oxygen atoms in total. The van der Waals surface area contributed by atoms with E-state index >= 15 is 0 Å². The van der Waals surface area contributed by atoms with E-state index < -0.39 is 5.92 Å². The minimum absolute atomic E-state index is 0.0850. The average Bonchev–Trinajstić information content (AvgIpc) is 3.20. The van der Waals surface area contributed by atoms with Gasteiger partial charge in [-0.25, -0.2) is 0 Å². The molecule has 4 rings (SSSR count). The molecular weight excluding hydrogens is 390 g/mol. The fourth-order valence-electron chi connectivity index (χ4n) is 3.91. The van der Waals surface area contributed by atoms with Crippen molar-refractivity contribution >= 4 is 17.5 Å². The first-order valence-electron chi connectivity index (χ1n) is 10.3. The maximum atomic E-state index is 13.2. The molecule has 2 heterocycles. The third-order valence-electron chi connectivity index (χ3n) is 5.52. The topological polar surface area (TPSA) is 71.5 Å². The summed E-state index contributed by atoms with van der Waals surface area (Å²) >= 11 is 0. The van der Waals surface area contributed by atoms with E-state index in [0.29, 0.717) is 18.0 Å². The monoisotopic (exact) mass is 415 g/mol. The van der Waals surface area contributed by atoms with Gasteiger partial charge >= 0.3 is 0 Å². The number of hydrogen-bond acceptors (Lipinski definition) is 4. The van der Waals surface area contributed by atoms with Gasteiger partial charge in [0.15, 0.2) is 0 Å². The number of aromatic nitrogens is 1. The van der Waals surface area contributed by atoms with Gasteiger partial charge in [0, 0.05) is 19.2 Å². The van der Waals surface area contributed by atoms with E-state index in [1.807, 2.05) is 73.7 Å². The van der Waals surface area contributed by atoms with E-state index in [0.717, 1.165) is 16.8 Å². The van der Waals surface area contributed by atoms with Crippen LogP contribution in [0.25, 0.3) is 0 Å². The summed E-state index contributed by atoms with van der Waals surface area (Å²) in [6.07, 6.45) is 1.87. The van der Waals surface area contributed by atoms with Crippen molar-refractivity contribution < 1.29 is 14.3 Å². The highest BCUT2D eigenvalue weighted by Gasteiger charge is 2.37. The number of benzene rings is 2. The number of nitrogens with zero attached hydrogens (tertiary/aromatic N) is 2. The van der Waals surface area contributed by atoms with Crippen LogP contribution in [-0.2, 0) is 9.59 Å². The van der Waals surface area contributed by atoms with Gasteiger partial charge in [-0.3, -0.25) is 14.6 Å². The van der Waals surface area contributed by atoms with Crippen molar-refractivity contribution in [2.45, 2.75) is 19.4 Å². The van der Waals surface area contributed by atoms with E-state index in [1.165, 1.54) is 0 Å². The Morgan fingerprint density at radius 3 is 2.61 bits per heavy atom. The minimum Gasteiger partial charge on any atom is -0.495 e. The van der Waals surface area contributed by atoms with Crippen LogP contribution in [0.1, 0.15) is 29.3 Å². The first-order chi connectivity index (χ1) is 15.1. The summed E-state index contributed by atoms with van der Waals surface area (Å²) < 4.78 is 5.43. The van der Waals surface area contributed by atoms with Gasteiger partial charge in [-0.05, 0) is 42.3 Å². The van der Waals surface area contributed by atoms with Crippen LogP contribution in [-0.4, -0.2) is 30.5 Å². The SMILES string of the molecule is COc1ccc(C)cc1N1CC(C(=O)NC(c2ccccc2)c2ccccn2)CC1=O. The van der Waals surface area contributed by atoms with Crippen LogP contribution < -0.4 is 15.0 Å². The number of carbonyl (C=O) groups excluding carboxylic acids is 2. The number of ether oxygens (including phenoxy) is 1. The van der Waals surface area contributed by atoms with Crippen molar-refractivity contribution in [3.63, 3.8) is 0 Å². The molecule has 2 atom stereocenters. The Labute approximate surface area is 181 Å². The largest absolute Gasteiger partial charge is 0.495 e. The maximum Gasteiger partial charge on any atom is 0.227 e. The molecule has 1 aliphatic rings. The van der Waals surface area contributed by atoms with Gasteiger partial charge < -0.3 is 15.0 Å². The number of nitrogens with one attached hydrogen (secondary N) is 1. The lowest BCUT2D eigenvalue weighted by atomic mass is 10.0. The number of pyridine rings is 1. The second-order valence-corrected chi connectivity index (χ2v) is 7.69. The molecule has 6 heteroatoms. The van der Waals surface area contributed by atoms with E-state index in [9.17, 15) is 9.59 Å². The van der Waals surface area contributed by atoms with Crippen LogP contribution in [0.15, 0.2) is 72.9 Å². The molecule has 0 spiro atoms. The van der Waals surface area contributed by atoms with Crippen molar-refractivity contribution in [1.29, 1.82) is 0 Å². The molecule has 2 amide bonds. The van der Waals surface area contributed by atoms with Crippen LogP contribution in [0.3, 0.4) is 0 Å². The molecule has 0 bridgehead atoms. The van der Waals surface area contributed by atoms with Crippen molar-refractivity contribution in [2.24, 2.45) is 5.92 Å². The van der Waals surface area contributed by atoms with E-state index in [4.69, 9.17) is 4.74 Å². The van der Waals surface area contributed by atoms with Crippen LogP contribution in [0, 0.1) is 12.8 Å². The highest BCUT2D eigenvalue weighted by atomic mass is 16.5. The van der Waals surface area contributed by atoms with E-state index in [2.05, 4.69) is 10.3 Å². The molecule has 1 aliphatic heterocycles. The summed E-state index contributed by atoms with van der Waals surface area (Å²) in [5, 5.41) is 3.11. The van der Waals surface area contributed by atoms with Crippen molar-refractivity contribution in [2.75, 3.05) is 18.6 Å². The highest BCUT2D eigenvalue weighted by Crippen LogP contribution is 2.34. The summed E-state index contributed by atoms with van der Waals surface area (Å²) in [6, 6.07) is 20.7. The fourth-order valence-corrected chi connectivity index (χ4v) is 3.91. The quantitative estimate of drug-likeness (QED) is 0.667. The zero-order valence-corrected chi connectivity index (χ0v) is 17.6. The number of methoxy groups -OCH3 is 1. The summed E-state index contributed by atoms with van der Waals surface area (Å²) in [5.41, 5.74) is 3.42. The van der Waals surface area contributed by atoms with Gasteiger partial charge in [0.05, 0.1) is 30.5 Å². The molecule has 3 aromatic rings. The molecule has 158 valence electrons. The van der Waals surface area contributed by atoms with Gasteiger partial charge in [0.2, 0.25) is 11.8 Å². The van der Waals surface area contributed by atoms with E-state index in [-0.39, 0.29) is 24.3 Å². The third kappa shape index (κ3) is 4.43. The predicted octanol–water partition coefficient (Wildman–Crippen LogP) is 3.66. The van der Waals surface area contributed by atoms with Gasteiger partial charge in [0.25, 0.3) is 0 Å². The van der Waals surface area contributed by atoms with Crippen molar-refractivity contribution in [3.8, 4) is 5.75 Å². The molecule has 31 heavy (non-hydrogen) atoms. The molecule has 1 fully saturated rings. The standard InChI is InChI=1S/C25H25N3O3/c1-17-11-12-22(31-2)21(14-17)28-16-19(15-23(28)29)25(30)27-24(18-8-4-3-5-9-18)20-10-6-7-13-26-20/h3-14,19,24H,15-16H2,1-2H3,(H,27,30). The number of anilines is 1. The first kappa shape index (κ1) is 20.6. The molecule has 2 unspecified atom stereocenters. The highest BCUT2D eigenvalue weighted by molar-refractivity contribution is 6.01. The van der Waals surface area contributed by atoms with Gasteiger partial charge in [-0.1, -0.05) is 42.5 Å². The Balaban J connectivity index is 1.55. The molecule has 0 radical (unpaired) electrons. The molecular formula is C25H25N3O3. The Kier molecular flexibility index (Phi) is 5.98. The second kappa shape index (κ2) is 9.00. The number of amides is 2. The zero-order chi connectivity index (χ0) is 21.8. The number of rotatable bonds is 6. The van der Waals surface area contributed by atoms with Crippen LogP contribution in [0.4, 0.5) is 5.69 Å². The van der Waals surface area contributed by atoms with Crippen LogP contribution in [0.5, 0.6) is 5.75 Å². The molecule has 1 N–H and O–H groups in total. The summed E-state index contributed by atoms with van der Waals surface area (Å²) in [7, 11) is 1.58. The number of hydrogen-bond donors (Lipinski definition) is 1. The average molecular weight is 415 g/mol. The van der Waals surface area contributed by atoms with Crippen LogP contribution in [0.2, 0.25) is 0 Å². The third-order valence-corrected chi connectivity index (χ3v) is 5.52. The molecule has 1 saturated heterocycles. The normalized spacial score (nSPS) is 16.8. The zero-order valence-electron chi connectivity index (χ0n) is 17.6. The van der Waals surface area contributed by atoms with Crippen molar-refractivity contribution in [3.05, 3.63) is 89.7 Å². The Hall–Kier alpha value is -3.67. The van der Waals surface area contributed by atoms with Gasteiger partial charge in [-0.2, -0.15) is 0 Å². The fraction of sp³-hybridized carbons (Fsp3) is 0.240. The number of carbonyl (C=O) groups is 2. The first-order valence-corrected chi connectivity index (χ1v) is 10.3. The van der Waals surface area contributed by atoms with Gasteiger partial charge in [-0.15, -0.1) is 0 Å². The molecule has 0 aliphatic carbocycles. The summed E-state index contributed by atoms with van der Waals surface area (Å²) in [5.74, 6) is -0.0802. The second-order valence-electron chi connectivity index (χ2n) is 7.69. The Bertz CT molecular complexity index is 1030. The summed E-state index contributed by atoms with van der Waals surface area (Å²) in [6.45, 7) is 2.28. The van der Waals surface area contributed by atoms with Gasteiger partial charge in [0.1, 0.15) is 5.75 Å². The lowest BCUT2D eigenvalue weighted by Gasteiger charge is -2.22. The molecule has 1 aromatic heterocycles. The van der Waals surface area contributed by atoms with Crippen LogP contribution >= 0.6 is 0 Å². The lowest BCUT2D eigenvalue weighted by molar-refractivity contribution is -0.126. The van der Waals surface area contributed by atoms with E-state index in [1.54, 1.807) is 18.2 Å². The molecule has 2 aromatic carbocycles. The smallest absolute Gasteiger partial charge is 0.227 e. The molecule has 0 saturated carbocycles. The Morgan fingerprint density at radius 2 is 1.90 bits per heavy atom. The number of aryl methyl sites for hydroxylation is 1. The van der Waals surface area contributed by atoms with Crippen molar-refractivity contribution in [1.82, 2.24) is 10.3 Å². The Morgan fingerprint density at radius 1 is 1.13 bits per heavy atom. The minimum atomic E-state index is -0.451.